The molecule has 0 saturated heterocycles. The highest BCUT2D eigenvalue weighted by Crippen LogP contribution is 2.32. The fraction of sp³-hybridized carbons (Fsp3) is 0.0857. The summed E-state index contributed by atoms with van der Waals surface area (Å²) in [7, 11) is 1.60. The summed E-state index contributed by atoms with van der Waals surface area (Å²) in [5.41, 5.74) is 2.67. The molecule has 48 heavy (non-hydrogen) atoms. The van der Waals surface area contributed by atoms with Crippen LogP contribution in [0.15, 0.2) is 119 Å². The molecule has 4 aromatic carbocycles. The van der Waals surface area contributed by atoms with Gasteiger partial charge >= 0.3 is 0 Å². The molecule has 11 nitrogen and oxygen atoms in total. The van der Waals surface area contributed by atoms with E-state index in [-0.39, 0.29) is 17.3 Å². The number of hydrogen-bond acceptors (Lipinski definition) is 9. The van der Waals surface area contributed by atoms with Crippen molar-refractivity contribution in [2.24, 2.45) is 0 Å². The average Bonchev–Trinajstić information content (AvgIpc) is 3.57. The van der Waals surface area contributed by atoms with Crippen LogP contribution in [-0.4, -0.2) is 40.0 Å². The quantitative estimate of drug-likeness (QED) is 0.0539. The maximum Gasteiger partial charge on any atom is 0.272 e. The first-order valence-electron chi connectivity index (χ1n) is 14.5. The van der Waals surface area contributed by atoms with E-state index in [1.807, 2.05) is 29.6 Å². The number of para-hydroxylation sites is 1. The Morgan fingerprint density at radius 1 is 0.917 bits per heavy atom. The number of nitro benzene ring substituents is 1. The lowest BCUT2D eigenvalue weighted by atomic mass is 10.1. The largest absolute Gasteiger partial charge is 0.496 e. The second kappa shape index (κ2) is 15.7. The van der Waals surface area contributed by atoms with Gasteiger partial charge in [0.15, 0.2) is 5.13 Å². The van der Waals surface area contributed by atoms with Gasteiger partial charge in [-0.3, -0.25) is 24.5 Å². The van der Waals surface area contributed by atoms with E-state index in [1.54, 1.807) is 68.6 Å². The van der Waals surface area contributed by atoms with Crippen molar-refractivity contribution in [3.05, 3.63) is 135 Å². The first-order valence-corrected chi connectivity index (χ1v) is 16.3. The van der Waals surface area contributed by atoms with Crippen molar-refractivity contribution >= 4 is 63.4 Å². The summed E-state index contributed by atoms with van der Waals surface area (Å²) in [5, 5.41) is 21.2. The molecule has 242 valence electrons. The molecule has 13 heteroatoms. The number of nitrogens with zero attached hydrogens (tertiary/aromatic N) is 2. The number of nitrogens with one attached hydrogen (secondary N) is 3. The molecule has 5 aromatic rings. The first-order chi connectivity index (χ1) is 23.2. The van der Waals surface area contributed by atoms with Crippen molar-refractivity contribution in [1.29, 1.82) is 0 Å². The van der Waals surface area contributed by atoms with E-state index in [0.29, 0.717) is 33.4 Å². The van der Waals surface area contributed by atoms with E-state index < -0.39 is 22.0 Å². The van der Waals surface area contributed by atoms with Crippen LogP contribution in [0.3, 0.4) is 0 Å². The van der Waals surface area contributed by atoms with E-state index in [1.165, 1.54) is 53.4 Å². The van der Waals surface area contributed by atoms with Gasteiger partial charge in [0.25, 0.3) is 17.5 Å². The summed E-state index contributed by atoms with van der Waals surface area (Å²) in [6.07, 6.45) is 1.44. The lowest BCUT2D eigenvalue weighted by Crippen LogP contribution is -2.30. The van der Waals surface area contributed by atoms with E-state index >= 15 is 0 Å². The predicted octanol–water partition coefficient (Wildman–Crippen LogP) is 7.26. The molecule has 1 aromatic heterocycles. The van der Waals surface area contributed by atoms with Crippen LogP contribution in [0, 0.1) is 10.1 Å². The monoisotopic (exact) mass is 679 g/mol. The molecule has 0 aliphatic rings. The second-order valence-corrected chi connectivity index (χ2v) is 12.5. The number of aromatic nitrogens is 1. The smallest absolute Gasteiger partial charge is 0.272 e. The number of anilines is 2. The summed E-state index contributed by atoms with van der Waals surface area (Å²) >= 11 is 2.66. The van der Waals surface area contributed by atoms with E-state index in [2.05, 4.69) is 20.9 Å². The maximum atomic E-state index is 13.3. The van der Waals surface area contributed by atoms with Crippen LogP contribution in [0.2, 0.25) is 0 Å². The summed E-state index contributed by atoms with van der Waals surface area (Å²) < 4.78 is 5.41. The minimum absolute atomic E-state index is 0.0579. The molecule has 3 N–H and O–H groups in total. The Morgan fingerprint density at radius 3 is 2.29 bits per heavy atom. The van der Waals surface area contributed by atoms with Crippen molar-refractivity contribution in [1.82, 2.24) is 10.3 Å². The summed E-state index contributed by atoms with van der Waals surface area (Å²) in [5.74, 6) is -0.611. The molecule has 1 heterocycles. The highest BCUT2D eigenvalue weighted by atomic mass is 32.2. The SMILES string of the molecule is COc1ccccc1-c1csc(NC(=O)C(C)Sc2ccc(NC(=O)/C(=C/c3ccc([N+](=O)[O-])cc3)NC(=O)c3ccccc3)cc2)n1. The van der Waals surface area contributed by atoms with Gasteiger partial charge < -0.3 is 20.7 Å². The number of thiazole rings is 1. The zero-order valence-electron chi connectivity index (χ0n) is 25.7. The number of thioether (sulfide) groups is 1. The zero-order chi connectivity index (χ0) is 34.0. The fourth-order valence-electron chi connectivity index (χ4n) is 4.39. The van der Waals surface area contributed by atoms with Crippen molar-refractivity contribution in [3.63, 3.8) is 0 Å². The van der Waals surface area contributed by atoms with Crippen molar-refractivity contribution < 1.29 is 24.0 Å². The van der Waals surface area contributed by atoms with Crippen LogP contribution in [0.25, 0.3) is 17.3 Å². The number of benzene rings is 4. The Morgan fingerprint density at radius 2 is 1.60 bits per heavy atom. The highest BCUT2D eigenvalue weighted by molar-refractivity contribution is 8.00. The van der Waals surface area contributed by atoms with Crippen LogP contribution in [-0.2, 0) is 9.59 Å². The number of carbonyl (C=O) groups excluding carboxylic acids is 3. The van der Waals surface area contributed by atoms with Crippen molar-refractivity contribution in [3.8, 4) is 17.0 Å². The molecule has 0 spiro atoms. The number of hydrogen-bond donors (Lipinski definition) is 3. The highest BCUT2D eigenvalue weighted by Gasteiger charge is 2.19. The van der Waals surface area contributed by atoms with Gasteiger partial charge in [-0.1, -0.05) is 30.3 Å². The Kier molecular flexibility index (Phi) is 11.0. The van der Waals surface area contributed by atoms with Gasteiger partial charge in [-0.05, 0) is 79.2 Å². The van der Waals surface area contributed by atoms with Crippen LogP contribution >= 0.6 is 23.1 Å². The first kappa shape index (κ1) is 33.6. The number of methoxy groups -OCH3 is 1. The van der Waals surface area contributed by atoms with Gasteiger partial charge in [-0.25, -0.2) is 4.98 Å². The molecule has 3 amide bonds. The zero-order valence-corrected chi connectivity index (χ0v) is 27.3. The molecule has 0 saturated carbocycles. The van der Waals surface area contributed by atoms with Gasteiger partial charge in [-0.15, -0.1) is 23.1 Å². The number of ether oxygens (including phenoxy) is 1. The van der Waals surface area contributed by atoms with Crippen LogP contribution in [0.5, 0.6) is 5.75 Å². The molecule has 1 atom stereocenters. The molecule has 0 fully saturated rings. The summed E-state index contributed by atoms with van der Waals surface area (Å²) in [4.78, 5) is 55.0. The normalized spacial score (nSPS) is 11.7. The van der Waals surface area contributed by atoms with Crippen LogP contribution in [0.1, 0.15) is 22.8 Å². The topological polar surface area (TPSA) is 153 Å². The maximum absolute atomic E-state index is 13.3. The Balaban J connectivity index is 1.22. The third-order valence-electron chi connectivity index (χ3n) is 6.86. The minimum atomic E-state index is -0.596. The minimum Gasteiger partial charge on any atom is -0.496 e. The molecule has 1 unspecified atom stereocenters. The van der Waals surface area contributed by atoms with Crippen LogP contribution < -0.4 is 20.7 Å². The summed E-state index contributed by atoms with van der Waals surface area (Å²) in [6.45, 7) is 1.79. The molecule has 5 rings (SSSR count). The van der Waals surface area contributed by atoms with Gasteiger partial charge in [-0.2, -0.15) is 0 Å². The Labute approximate surface area is 284 Å². The lowest BCUT2D eigenvalue weighted by Gasteiger charge is -2.13. The molecule has 0 aliphatic heterocycles. The number of rotatable bonds is 12. The molecular formula is C35H29N5O6S2. The van der Waals surface area contributed by atoms with E-state index in [9.17, 15) is 24.5 Å². The third-order valence-corrected chi connectivity index (χ3v) is 8.72. The Bertz CT molecular complexity index is 1960. The predicted molar refractivity (Wildman–Crippen MR) is 188 cm³/mol. The van der Waals surface area contributed by atoms with E-state index in [0.717, 1.165) is 10.5 Å². The standard InChI is InChI=1S/C35H29N5O6S2/c1-22(32(41)39-35-38-30(21-47-35)28-10-6-7-11-31(28)46-2)48-27-18-14-25(15-19-27)36-34(43)29(37-33(42)24-8-4-3-5-9-24)20-23-12-16-26(17-13-23)40(44)45/h3-22H,1-2H3,(H,36,43)(H,37,42)(H,38,39,41)/b29-20-. The lowest BCUT2D eigenvalue weighted by molar-refractivity contribution is -0.384. The molecule has 0 bridgehead atoms. The van der Waals surface area contributed by atoms with Gasteiger partial charge in [0, 0.05) is 39.2 Å². The number of carbonyl (C=O) groups is 3. The van der Waals surface area contributed by atoms with Gasteiger partial charge in [0.1, 0.15) is 11.4 Å². The molecular weight excluding hydrogens is 651 g/mol. The van der Waals surface area contributed by atoms with Gasteiger partial charge in [0.05, 0.1) is 23.0 Å². The average molecular weight is 680 g/mol. The number of amides is 3. The van der Waals surface area contributed by atoms with E-state index in [4.69, 9.17) is 4.74 Å². The molecule has 0 aliphatic carbocycles. The van der Waals surface area contributed by atoms with Crippen molar-refractivity contribution in [2.75, 3.05) is 17.7 Å². The molecule has 0 radical (unpaired) electrons. The second-order valence-electron chi connectivity index (χ2n) is 10.2. The van der Waals surface area contributed by atoms with Crippen molar-refractivity contribution in [2.45, 2.75) is 17.1 Å². The fourth-order valence-corrected chi connectivity index (χ4v) is 5.97. The number of non-ortho nitro benzene ring substituents is 1. The third kappa shape index (κ3) is 8.72. The van der Waals surface area contributed by atoms with Gasteiger partial charge in [0.2, 0.25) is 5.91 Å². The summed E-state index contributed by atoms with van der Waals surface area (Å²) in [6, 6.07) is 28.5. The Hall–Kier alpha value is -5.79. The number of nitro groups is 1. The van der Waals surface area contributed by atoms with Crippen LogP contribution in [0.4, 0.5) is 16.5 Å².